The SMILES string of the molecule is CC(C)N(C(=O)COn1nnc2ccc(S(C)(=O)=O)cc21)c1ccccc1. The largest absolute Gasteiger partial charge is 0.385 e. The van der Waals surface area contributed by atoms with Crippen molar-refractivity contribution in [3.63, 3.8) is 0 Å². The van der Waals surface area contributed by atoms with Crippen LogP contribution < -0.4 is 9.74 Å². The number of sulfone groups is 1. The highest BCUT2D eigenvalue weighted by Crippen LogP contribution is 2.18. The fraction of sp³-hybridized carbons (Fsp3) is 0.278. The normalized spacial score (nSPS) is 11.7. The van der Waals surface area contributed by atoms with Gasteiger partial charge in [0.25, 0.3) is 5.91 Å². The van der Waals surface area contributed by atoms with Gasteiger partial charge in [0.1, 0.15) is 11.0 Å². The van der Waals surface area contributed by atoms with E-state index in [1.807, 2.05) is 44.2 Å². The molecule has 0 aliphatic heterocycles. The molecule has 1 amide bonds. The summed E-state index contributed by atoms with van der Waals surface area (Å²) in [6.45, 7) is 3.55. The Hall–Kier alpha value is -2.94. The molecule has 8 nitrogen and oxygen atoms in total. The van der Waals surface area contributed by atoms with E-state index in [0.29, 0.717) is 11.0 Å². The number of para-hydroxylation sites is 1. The van der Waals surface area contributed by atoms with E-state index in [0.717, 1.165) is 16.8 Å². The maximum Gasteiger partial charge on any atom is 0.267 e. The first-order valence-electron chi connectivity index (χ1n) is 8.33. The molecule has 142 valence electrons. The Balaban J connectivity index is 1.82. The smallest absolute Gasteiger partial charge is 0.267 e. The molecular weight excluding hydrogens is 368 g/mol. The van der Waals surface area contributed by atoms with Crippen LogP contribution in [0.2, 0.25) is 0 Å². The third-order valence-corrected chi connectivity index (χ3v) is 5.05. The van der Waals surface area contributed by atoms with E-state index in [1.165, 1.54) is 12.1 Å². The standard InChI is InChI=1S/C18H20N4O4S/c1-13(2)21(14-7-5-4-6-8-14)18(23)12-26-22-17-11-15(27(3,24)25)9-10-16(17)19-20-22/h4-11,13H,12H2,1-3H3. The van der Waals surface area contributed by atoms with Crippen LogP contribution in [0, 0.1) is 0 Å². The lowest BCUT2D eigenvalue weighted by Gasteiger charge is -2.26. The number of hydrogen-bond donors (Lipinski definition) is 0. The Morgan fingerprint density at radius 2 is 1.89 bits per heavy atom. The van der Waals surface area contributed by atoms with E-state index < -0.39 is 9.84 Å². The Bertz CT molecular complexity index is 1060. The molecule has 3 rings (SSSR count). The summed E-state index contributed by atoms with van der Waals surface area (Å²) in [6, 6.07) is 13.7. The van der Waals surface area contributed by atoms with Crippen molar-refractivity contribution in [2.45, 2.75) is 24.8 Å². The number of amides is 1. The highest BCUT2D eigenvalue weighted by Gasteiger charge is 2.20. The summed E-state index contributed by atoms with van der Waals surface area (Å²) in [5.41, 5.74) is 1.61. The molecule has 0 unspecified atom stereocenters. The van der Waals surface area contributed by atoms with Crippen molar-refractivity contribution in [3.8, 4) is 0 Å². The molecule has 0 fully saturated rings. The van der Waals surface area contributed by atoms with Gasteiger partial charge in [0.15, 0.2) is 16.4 Å². The minimum atomic E-state index is -3.38. The number of rotatable bonds is 6. The molecule has 0 N–H and O–H groups in total. The average Bonchev–Trinajstić information content (AvgIpc) is 3.02. The maximum atomic E-state index is 12.7. The molecule has 1 aromatic heterocycles. The van der Waals surface area contributed by atoms with Crippen molar-refractivity contribution in [2.24, 2.45) is 0 Å². The summed E-state index contributed by atoms with van der Waals surface area (Å²) in [5.74, 6) is -0.251. The molecule has 0 aliphatic rings. The van der Waals surface area contributed by atoms with Gasteiger partial charge >= 0.3 is 0 Å². The number of nitrogens with zero attached hydrogens (tertiary/aromatic N) is 4. The summed E-state index contributed by atoms with van der Waals surface area (Å²) in [4.78, 5) is 21.0. The van der Waals surface area contributed by atoms with Crippen molar-refractivity contribution >= 4 is 32.5 Å². The molecule has 1 heterocycles. The van der Waals surface area contributed by atoms with Crippen LogP contribution in [0.1, 0.15) is 13.8 Å². The first kappa shape index (κ1) is 18.8. The van der Waals surface area contributed by atoms with Gasteiger partial charge in [-0.3, -0.25) is 4.79 Å². The lowest BCUT2D eigenvalue weighted by Crippen LogP contribution is -2.41. The summed E-state index contributed by atoms with van der Waals surface area (Å²) >= 11 is 0. The molecule has 0 aliphatic carbocycles. The third kappa shape index (κ3) is 4.08. The van der Waals surface area contributed by atoms with Gasteiger partial charge < -0.3 is 9.74 Å². The molecule has 0 saturated heterocycles. The first-order chi connectivity index (χ1) is 12.8. The molecule has 0 radical (unpaired) electrons. The van der Waals surface area contributed by atoms with E-state index >= 15 is 0 Å². The molecule has 2 aromatic carbocycles. The Kier molecular flexibility index (Phi) is 5.13. The predicted molar refractivity (Wildman–Crippen MR) is 101 cm³/mol. The van der Waals surface area contributed by atoms with Crippen LogP contribution in [0.3, 0.4) is 0 Å². The number of carbonyl (C=O) groups excluding carboxylic acids is 1. The number of aromatic nitrogens is 3. The van der Waals surface area contributed by atoms with E-state index in [9.17, 15) is 13.2 Å². The summed E-state index contributed by atoms with van der Waals surface area (Å²) in [7, 11) is -3.38. The molecule has 9 heteroatoms. The van der Waals surface area contributed by atoms with Crippen LogP contribution in [0.15, 0.2) is 53.4 Å². The van der Waals surface area contributed by atoms with Gasteiger partial charge in [-0.15, -0.1) is 5.10 Å². The van der Waals surface area contributed by atoms with Crippen molar-refractivity contribution in [1.82, 2.24) is 15.2 Å². The number of carbonyl (C=O) groups is 1. The highest BCUT2D eigenvalue weighted by molar-refractivity contribution is 7.90. The number of hydrogen-bond acceptors (Lipinski definition) is 6. The van der Waals surface area contributed by atoms with Gasteiger partial charge in [-0.1, -0.05) is 23.0 Å². The van der Waals surface area contributed by atoms with Crippen molar-refractivity contribution in [3.05, 3.63) is 48.5 Å². The fourth-order valence-electron chi connectivity index (χ4n) is 2.71. The van der Waals surface area contributed by atoms with E-state index in [-0.39, 0.29) is 23.5 Å². The number of fused-ring (bicyclic) bond motifs is 1. The molecule has 0 atom stereocenters. The molecule has 3 aromatic rings. The second-order valence-corrected chi connectivity index (χ2v) is 8.37. The van der Waals surface area contributed by atoms with Gasteiger partial charge in [-0.25, -0.2) is 8.42 Å². The van der Waals surface area contributed by atoms with Crippen molar-refractivity contribution < 1.29 is 18.0 Å². The molecule has 27 heavy (non-hydrogen) atoms. The average molecular weight is 388 g/mol. The zero-order valence-corrected chi connectivity index (χ0v) is 16.0. The summed E-state index contributed by atoms with van der Waals surface area (Å²) in [5, 5.41) is 7.77. The highest BCUT2D eigenvalue weighted by atomic mass is 32.2. The van der Waals surface area contributed by atoms with Gasteiger partial charge in [0.05, 0.1) is 4.90 Å². The van der Waals surface area contributed by atoms with Crippen molar-refractivity contribution in [2.75, 3.05) is 17.8 Å². The van der Waals surface area contributed by atoms with E-state index in [4.69, 9.17) is 4.84 Å². The van der Waals surface area contributed by atoms with E-state index in [2.05, 4.69) is 10.3 Å². The van der Waals surface area contributed by atoms with Crippen LogP contribution in [0.25, 0.3) is 11.0 Å². The fourth-order valence-corrected chi connectivity index (χ4v) is 3.35. The lowest BCUT2D eigenvalue weighted by molar-refractivity contribution is -0.124. The molecule has 0 bridgehead atoms. The molecular formula is C18H20N4O4S. The minimum Gasteiger partial charge on any atom is -0.385 e. The van der Waals surface area contributed by atoms with Crippen LogP contribution in [-0.4, -0.2) is 48.4 Å². The van der Waals surface area contributed by atoms with Crippen molar-refractivity contribution in [1.29, 1.82) is 0 Å². The maximum absolute atomic E-state index is 12.7. The lowest BCUT2D eigenvalue weighted by atomic mass is 10.2. The Labute approximate surface area is 157 Å². The van der Waals surface area contributed by atoms with Gasteiger partial charge in [0.2, 0.25) is 0 Å². The zero-order chi connectivity index (χ0) is 19.6. The van der Waals surface area contributed by atoms with Gasteiger partial charge in [-0.05, 0) is 49.4 Å². The predicted octanol–water partition coefficient (Wildman–Crippen LogP) is 1.71. The van der Waals surface area contributed by atoms with Crippen LogP contribution in [0.4, 0.5) is 5.69 Å². The van der Waals surface area contributed by atoms with Crippen LogP contribution in [-0.2, 0) is 14.6 Å². The zero-order valence-electron chi connectivity index (χ0n) is 15.2. The Morgan fingerprint density at radius 3 is 2.52 bits per heavy atom. The van der Waals surface area contributed by atoms with Crippen LogP contribution >= 0.6 is 0 Å². The minimum absolute atomic E-state index is 0.0622. The summed E-state index contributed by atoms with van der Waals surface area (Å²) in [6.07, 6.45) is 1.12. The second-order valence-electron chi connectivity index (χ2n) is 6.35. The number of benzene rings is 2. The Morgan fingerprint density at radius 1 is 1.19 bits per heavy atom. The third-order valence-electron chi connectivity index (χ3n) is 3.94. The van der Waals surface area contributed by atoms with Gasteiger partial charge in [-0.2, -0.15) is 0 Å². The molecule has 0 saturated carbocycles. The van der Waals surface area contributed by atoms with Crippen LogP contribution in [0.5, 0.6) is 0 Å². The quantitative estimate of drug-likeness (QED) is 0.638. The first-order valence-corrected chi connectivity index (χ1v) is 10.2. The van der Waals surface area contributed by atoms with E-state index in [1.54, 1.807) is 11.0 Å². The van der Waals surface area contributed by atoms with Gasteiger partial charge in [0, 0.05) is 18.0 Å². The monoisotopic (exact) mass is 388 g/mol. The summed E-state index contributed by atoms with van der Waals surface area (Å²) < 4.78 is 23.5. The second kappa shape index (κ2) is 7.36. The topological polar surface area (TPSA) is 94.4 Å². The molecule has 0 spiro atoms. The number of anilines is 1.